The number of aromatic hydroxyl groups is 1. The molecule has 1 N–H and O–H groups in total. The fourth-order valence-corrected chi connectivity index (χ4v) is 5.54. The number of anilines is 1. The molecule has 0 spiro atoms. The Hall–Kier alpha value is -3.85. The van der Waals surface area contributed by atoms with Gasteiger partial charge in [-0.1, -0.05) is 23.5 Å². The molecule has 0 aliphatic carbocycles. The molecule has 4 rings (SSSR count). The van der Waals surface area contributed by atoms with Crippen LogP contribution in [0.1, 0.15) is 44.9 Å². The van der Waals surface area contributed by atoms with Gasteiger partial charge in [0.2, 0.25) is 0 Å². The van der Waals surface area contributed by atoms with Gasteiger partial charge in [0, 0.05) is 30.4 Å². The highest BCUT2D eigenvalue weighted by molar-refractivity contribution is 7.07. The lowest BCUT2D eigenvalue weighted by Gasteiger charge is -2.25. The van der Waals surface area contributed by atoms with E-state index in [9.17, 15) is 14.7 Å². The van der Waals surface area contributed by atoms with E-state index in [1.54, 1.807) is 51.3 Å². The number of phenols is 1. The Bertz CT molecular complexity index is 1530. The van der Waals surface area contributed by atoms with Crippen LogP contribution in [0.4, 0.5) is 5.69 Å². The highest BCUT2D eigenvalue weighted by Gasteiger charge is 2.33. The average Bonchev–Trinajstić information content (AvgIpc) is 3.19. The van der Waals surface area contributed by atoms with Crippen LogP contribution < -0.4 is 24.5 Å². The van der Waals surface area contributed by atoms with Crippen molar-refractivity contribution in [3.8, 4) is 11.5 Å². The van der Waals surface area contributed by atoms with E-state index in [4.69, 9.17) is 9.47 Å². The Labute approximate surface area is 219 Å². The minimum absolute atomic E-state index is 0.0861. The van der Waals surface area contributed by atoms with Crippen LogP contribution in [0.25, 0.3) is 6.08 Å². The second-order valence-electron chi connectivity index (χ2n) is 8.49. The van der Waals surface area contributed by atoms with Gasteiger partial charge in [0.05, 0.1) is 35.6 Å². The molecule has 0 radical (unpaired) electrons. The molecule has 0 unspecified atom stereocenters. The number of carbonyl (C=O) groups excluding carboxylic acids is 1. The molecule has 0 bridgehead atoms. The first kappa shape index (κ1) is 26.2. The molecule has 1 aliphatic rings. The summed E-state index contributed by atoms with van der Waals surface area (Å²) in [6.45, 7) is 9.44. The standard InChI is InChI=1S/C28H31N3O5S/c1-6-30(7-2)20-13-12-18(22(32)16-20)15-23-26(33)31-25(19-10-9-11-21(14-19)35-5)24(27(34)36-8-3)17(4)29-28(31)37-23/h9-16,25,32H,6-8H2,1-5H3/t25-/m1/s1. The Kier molecular flexibility index (Phi) is 7.83. The summed E-state index contributed by atoms with van der Waals surface area (Å²) in [5.74, 6) is 0.175. The molecule has 194 valence electrons. The molecule has 0 fully saturated rings. The molecular weight excluding hydrogens is 490 g/mol. The summed E-state index contributed by atoms with van der Waals surface area (Å²) in [6, 6.07) is 12.0. The van der Waals surface area contributed by atoms with Crippen LogP contribution in [0.2, 0.25) is 0 Å². The Morgan fingerprint density at radius 3 is 2.59 bits per heavy atom. The van der Waals surface area contributed by atoms with Gasteiger partial charge in [-0.25, -0.2) is 9.79 Å². The van der Waals surface area contributed by atoms with Crippen LogP contribution in [0.3, 0.4) is 0 Å². The van der Waals surface area contributed by atoms with Crippen molar-refractivity contribution in [2.24, 2.45) is 4.99 Å². The second kappa shape index (κ2) is 11.0. The zero-order valence-electron chi connectivity index (χ0n) is 21.6. The van der Waals surface area contributed by atoms with E-state index in [2.05, 4.69) is 23.7 Å². The number of esters is 1. The van der Waals surface area contributed by atoms with E-state index in [0.29, 0.717) is 37.5 Å². The predicted octanol–water partition coefficient (Wildman–Crippen LogP) is 3.36. The summed E-state index contributed by atoms with van der Waals surface area (Å²) in [5.41, 5.74) is 2.63. The number of phenolic OH excluding ortho intramolecular Hbond substituents is 1. The first-order valence-corrected chi connectivity index (χ1v) is 13.1. The van der Waals surface area contributed by atoms with Gasteiger partial charge in [0.25, 0.3) is 5.56 Å². The van der Waals surface area contributed by atoms with Crippen molar-refractivity contribution in [2.75, 3.05) is 31.7 Å². The van der Waals surface area contributed by atoms with Gasteiger partial charge in [-0.2, -0.15) is 0 Å². The third-order valence-electron chi connectivity index (χ3n) is 6.36. The van der Waals surface area contributed by atoms with Crippen LogP contribution in [0.15, 0.2) is 63.5 Å². The van der Waals surface area contributed by atoms with Crippen LogP contribution in [-0.4, -0.2) is 42.4 Å². The molecule has 9 heteroatoms. The van der Waals surface area contributed by atoms with Crippen LogP contribution in [0.5, 0.6) is 11.5 Å². The zero-order valence-corrected chi connectivity index (χ0v) is 22.5. The number of thiazole rings is 1. The van der Waals surface area contributed by atoms with Crippen molar-refractivity contribution in [3.63, 3.8) is 0 Å². The summed E-state index contributed by atoms with van der Waals surface area (Å²) in [5, 5.41) is 10.7. The number of hydrogen-bond donors (Lipinski definition) is 1. The molecule has 3 aromatic rings. The van der Waals surface area contributed by atoms with Crippen molar-refractivity contribution in [1.29, 1.82) is 0 Å². The normalized spacial score (nSPS) is 15.3. The Morgan fingerprint density at radius 2 is 1.95 bits per heavy atom. The second-order valence-corrected chi connectivity index (χ2v) is 9.50. The molecule has 1 aromatic heterocycles. The fourth-order valence-electron chi connectivity index (χ4n) is 4.50. The minimum Gasteiger partial charge on any atom is -0.507 e. The molecule has 37 heavy (non-hydrogen) atoms. The number of ether oxygens (including phenoxy) is 2. The number of methoxy groups -OCH3 is 1. The van der Waals surface area contributed by atoms with Crippen molar-refractivity contribution in [1.82, 2.24) is 4.57 Å². The topological polar surface area (TPSA) is 93.4 Å². The highest BCUT2D eigenvalue weighted by atomic mass is 32.1. The van der Waals surface area contributed by atoms with Gasteiger partial charge >= 0.3 is 5.97 Å². The highest BCUT2D eigenvalue weighted by Crippen LogP contribution is 2.32. The smallest absolute Gasteiger partial charge is 0.338 e. The molecule has 0 saturated heterocycles. The van der Waals surface area contributed by atoms with E-state index >= 15 is 0 Å². The monoisotopic (exact) mass is 521 g/mol. The van der Waals surface area contributed by atoms with Crippen LogP contribution in [-0.2, 0) is 9.53 Å². The van der Waals surface area contributed by atoms with E-state index in [-0.39, 0.29) is 17.9 Å². The van der Waals surface area contributed by atoms with Gasteiger partial charge in [-0.15, -0.1) is 0 Å². The van der Waals surface area contributed by atoms with Crippen molar-refractivity contribution in [3.05, 3.63) is 84.5 Å². The lowest BCUT2D eigenvalue weighted by Crippen LogP contribution is -2.39. The SMILES string of the molecule is CCOC(=O)C1=C(C)N=c2sc(=Cc3ccc(N(CC)CC)cc3O)c(=O)n2[C@@H]1c1cccc(OC)c1. The summed E-state index contributed by atoms with van der Waals surface area (Å²) >= 11 is 1.21. The molecule has 1 aliphatic heterocycles. The largest absolute Gasteiger partial charge is 0.507 e. The molecular formula is C28H31N3O5S. The van der Waals surface area contributed by atoms with Crippen LogP contribution >= 0.6 is 11.3 Å². The van der Waals surface area contributed by atoms with Crippen molar-refractivity contribution < 1.29 is 19.4 Å². The predicted molar refractivity (Wildman–Crippen MR) is 145 cm³/mol. The first-order valence-electron chi connectivity index (χ1n) is 12.2. The maximum atomic E-state index is 13.8. The average molecular weight is 522 g/mol. The molecule has 8 nitrogen and oxygen atoms in total. The molecule has 2 aromatic carbocycles. The van der Waals surface area contributed by atoms with E-state index < -0.39 is 12.0 Å². The number of allylic oxidation sites excluding steroid dienone is 1. The van der Waals surface area contributed by atoms with Gasteiger partial charge in [-0.3, -0.25) is 9.36 Å². The lowest BCUT2D eigenvalue weighted by molar-refractivity contribution is -0.139. The van der Waals surface area contributed by atoms with Crippen LogP contribution in [0, 0.1) is 0 Å². The third kappa shape index (κ3) is 5.04. The molecule has 0 saturated carbocycles. The summed E-state index contributed by atoms with van der Waals surface area (Å²) in [6.07, 6.45) is 1.66. The molecule has 0 amide bonds. The maximum Gasteiger partial charge on any atom is 0.338 e. The Balaban J connectivity index is 1.90. The van der Waals surface area contributed by atoms with E-state index in [1.165, 1.54) is 15.9 Å². The lowest BCUT2D eigenvalue weighted by atomic mass is 9.95. The quantitative estimate of drug-likeness (QED) is 0.457. The molecule has 1 atom stereocenters. The summed E-state index contributed by atoms with van der Waals surface area (Å²) in [4.78, 5) is 34.0. The van der Waals surface area contributed by atoms with Gasteiger partial charge in [0.15, 0.2) is 4.80 Å². The zero-order chi connectivity index (χ0) is 26.7. The third-order valence-corrected chi connectivity index (χ3v) is 7.34. The summed E-state index contributed by atoms with van der Waals surface area (Å²) < 4.78 is 12.7. The number of aromatic nitrogens is 1. The van der Waals surface area contributed by atoms with Crippen molar-refractivity contribution in [2.45, 2.75) is 33.7 Å². The number of hydrogen-bond acceptors (Lipinski definition) is 8. The first-order chi connectivity index (χ1) is 17.8. The number of fused-ring (bicyclic) bond motifs is 1. The number of nitrogens with zero attached hydrogens (tertiary/aromatic N) is 3. The number of carbonyl (C=O) groups is 1. The molecule has 2 heterocycles. The Morgan fingerprint density at radius 1 is 1.19 bits per heavy atom. The van der Waals surface area contributed by atoms with Gasteiger partial charge in [-0.05, 0) is 63.6 Å². The number of benzene rings is 2. The van der Waals surface area contributed by atoms with Gasteiger partial charge in [0.1, 0.15) is 11.5 Å². The van der Waals surface area contributed by atoms with Gasteiger partial charge < -0.3 is 19.5 Å². The van der Waals surface area contributed by atoms with E-state index in [0.717, 1.165) is 18.8 Å². The van der Waals surface area contributed by atoms with Crippen molar-refractivity contribution >= 4 is 29.1 Å². The maximum absolute atomic E-state index is 13.8. The van der Waals surface area contributed by atoms with E-state index in [1.807, 2.05) is 18.2 Å². The number of rotatable bonds is 8. The minimum atomic E-state index is -0.730. The summed E-state index contributed by atoms with van der Waals surface area (Å²) in [7, 11) is 1.57. The fraction of sp³-hybridized carbons (Fsp3) is 0.321.